The molecule has 3 aromatic carbocycles. The number of nitrogens with one attached hydrogen (secondary N) is 1. The molecule has 1 aliphatic rings. The molecule has 0 aliphatic heterocycles. The van der Waals surface area contributed by atoms with Gasteiger partial charge < -0.3 is 10.2 Å². The van der Waals surface area contributed by atoms with Crippen molar-refractivity contribution < 1.29 is 22.4 Å². The van der Waals surface area contributed by atoms with Gasteiger partial charge in [-0.1, -0.05) is 73.0 Å². The molecule has 0 saturated heterocycles. The van der Waals surface area contributed by atoms with E-state index in [0.29, 0.717) is 17.7 Å². The molecule has 224 valence electrons. The average Bonchev–Trinajstić information content (AvgIpc) is 3.47. The van der Waals surface area contributed by atoms with E-state index >= 15 is 0 Å². The second kappa shape index (κ2) is 14.4. The Morgan fingerprint density at radius 3 is 2.19 bits per heavy atom. The maximum absolute atomic E-state index is 13.9. The summed E-state index contributed by atoms with van der Waals surface area (Å²) in [5.41, 5.74) is 3.17. The third kappa shape index (κ3) is 8.89. The third-order valence-corrected chi connectivity index (χ3v) is 8.91. The van der Waals surface area contributed by atoms with Gasteiger partial charge in [0.2, 0.25) is 21.8 Å². The second-order valence-electron chi connectivity index (χ2n) is 11.1. The number of carbonyl (C=O) groups is 2. The molecule has 1 saturated carbocycles. The van der Waals surface area contributed by atoms with E-state index in [0.717, 1.165) is 43.1 Å². The van der Waals surface area contributed by atoms with Crippen LogP contribution in [0.1, 0.15) is 55.2 Å². The van der Waals surface area contributed by atoms with E-state index in [1.54, 1.807) is 29.2 Å². The van der Waals surface area contributed by atoms with Crippen molar-refractivity contribution in [2.45, 2.75) is 70.5 Å². The molecule has 0 unspecified atom stereocenters. The van der Waals surface area contributed by atoms with Gasteiger partial charge in [-0.3, -0.25) is 13.9 Å². The number of halogens is 1. The normalized spacial score (nSPS) is 14.4. The van der Waals surface area contributed by atoms with Crippen molar-refractivity contribution in [3.8, 4) is 0 Å². The van der Waals surface area contributed by atoms with E-state index in [1.807, 2.05) is 49.4 Å². The maximum Gasteiger partial charge on any atom is 0.243 e. The van der Waals surface area contributed by atoms with Gasteiger partial charge in [-0.05, 0) is 61.6 Å². The van der Waals surface area contributed by atoms with Crippen molar-refractivity contribution in [2.24, 2.45) is 0 Å². The van der Waals surface area contributed by atoms with Gasteiger partial charge in [0.15, 0.2) is 0 Å². The van der Waals surface area contributed by atoms with Gasteiger partial charge in [0.25, 0.3) is 0 Å². The molecule has 0 bridgehead atoms. The fourth-order valence-corrected chi connectivity index (χ4v) is 6.39. The molecule has 7 nitrogen and oxygen atoms in total. The van der Waals surface area contributed by atoms with Gasteiger partial charge in [-0.25, -0.2) is 12.8 Å². The highest BCUT2D eigenvalue weighted by atomic mass is 32.2. The van der Waals surface area contributed by atoms with E-state index in [-0.39, 0.29) is 49.6 Å². The van der Waals surface area contributed by atoms with Crippen LogP contribution in [0.15, 0.2) is 78.9 Å². The summed E-state index contributed by atoms with van der Waals surface area (Å²) < 4.78 is 40.2. The summed E-state index contributed by atoms with van der Waals surface area (Å²) in [6.07, 6.45) is 5.73. The molecule has 1 N–H and O–H groups in total. The largest absolute Gasteiger partial charge is 0.352 e. The summed E-state index contributed by atoms with van der Waals surface area (Å²) in [5.74, 6) is -0.855. The number of amides is 2. The van der Waals surface area contributed by atoms with Crippen molar-refractivity contribution in [3.05, 3.63) is 101 Å². The molecule has 1 aliphatic carbocycles. The predicted octanol–water partition coefficient (Wildman–Crippen LogP) is 5.38. The summed E-state index contributed by atoms with van der Waals surface area (Å²) >= 11 is 0. The van der Waals surface area contributed by atoms with Crippen LogP contribution in [-0.4, -0.2) is 50.0 Å². The fraction of sp³-hybridized carbons (Fsp3) is 0.394. The highest BCUT2D eigenvalue weighted by Gasteiger charge is 2.32. The number of rotatable bonds is 13. The Morgan fingerprint density at radius 2 is 1.57 bits per heavy atom. The highest BCUT2D eigenvalue weighted by Crippen LogP contribution is 2.22. The topological polar surface area (TPSA) is 86.8 Å². The predicted molar refractivity (Wildman–Crippen MR) is 164 cm³/mol. The van der Waals surface area contributed by atoms with E-state index < -0.39 is 16.1 Å². The number of hydrogen-bond acceptors (Lipinski definition) is 4. The Balaban J connectivity index is 1.57. The van der Waals surface area contributed by atoms with Gasteiger partial charge in [-0.2, -0.15) is 0 Å². The lowest BCUT2D eigenvalue weighted by atomic mass is 10.0. The molecule has 0 aromatic heterocycles. The van der Waals surface area contributed by atoms with Gasteiger partial charge in [0, 0.05) is 32.0 Å². The van der Waals surface area contributed by atoms with Crippen LogP contribution in [0.5, 0.6) is 0 Å². The molecule has 0 heterocycles. The summed E-state index contributed by atoms with van der Waals surface area (Å²) in [6, 6.07) is 22.0. The Bertz CT molecular complexity index is 1420. The summed E-state index contributed by atoms with van der Waals surface area (Å²) in [4.78, 5) is 29.2. The smallest absolute Gasteiger partial charge is 0.243 e. The first-order valence-electron chi connectivity index (χ1n) is 14.5. The monoisotopic (exact) mass is 593 g/mol. The Morgan fingerprint density at radius 1 is 0.929 bits per heavy atom. The molecule has 0 spiro atoms. The quantitative estimate of drug-likeness (QED) is 0.288. The number of anilines is 1. The van der Waals surface area contributed by atoms with Crippen molar-refractivity contribution in [1.82, 2.24) is 10.2 Å². The fourth-order valence-electron chi connectivity index (χ4n) is 5.42. The van der Waals surface area contributed by atoms with Crippen LogP contribution in [0, 0.1) is 12.7 Å². The number of aryl methyl sites for hydroxylation is 1. The molecular weight excluding hydrogens is 553 g/mol. The van der Waals surface area contributed by atoms with Crippen LogP contribution in [-0.2, 0) is 32.6 Å². The zero-order chi connectivity index (χ0) is 30.1. The van der Waals surface area contributed by atoms with Crippen LogP contribution in [0.25, 0.3) is 0 Å². The van der Waals surface area contributed by atoms with Crippen LogP contribution in [0.3, 0.4) is 0 Å². The zero-order valence-electron chi connectivity index (χ0n) is 24.3. The molecule has 0 radical (unpaired) electrons. The molecule has 9 heteroatoms. The number of hydrogen-bond donors (Lipinski definition) is 1. The SMILES string of the molecule is Cc1ccc(N(CCCC(=O)N(Cc2ccc(F)cc2)[C@H](Cc2ccccc2)C(=O)NC2CCCC2)S(C)(=O)=O)cc1. The van der Waals surface area contributed by atoms with Crippen molar-refractivity contribution in [1.29, 1.82) is 0 Å². The Hall–Kier alpha value is -3.72. The van der Waals surface area contributed by atoms with E-state index in [2.05, 4.69) is 5.32 Å². The van der Waals surface area contributed by atoms with Gasteiger partial charge in [0.05, 0.1) is 11.9 Å². The third-order valence-electron chi connectivity index (χ3n) is 7.71. The van der Waals surface area contributed by atoms with Gasteiger partial charge in [-0.15, -0.1) is 0 Å². The number of nitrogens with zero attached hydrogens (tertiary/aromatic N) is 2. The van der Waals surface area contributed by atoms with Crippen LogP contribution >= 0.6 is 0 Å². The van der Waals surface area contributed by atoms with Crippen LogP contribution in [0.4, 0.5) is 10.1 Å². The van der Waals surface area contributed by atoms with Crippen LogP contribution in [0.2, 0.25) is 0 Å². The van der Waals surface area contributed by atoms with E-state index in [9.17, 15) is 22.4 Å². The first kappa shape index (κ1) is 31.2. The maximum atomic E-state index is 13.9. The lowest BCUT2D eigenvalue weighted by Crippen LogP contribution is -2.52. The molecule has 2 amide bonds. The molecule has 1 atom stereocenters. The zero-order valence-corrected chi connectivity index (χ0v) is 25.2. The van der Waals surface area contributed by atoms with Gasteiger partial charge >= 0.3 is 0 Å². The lowest BCUT2D eigenvalue weighted by molar-refractivity contribution is -0.141. The molecular formula is C33H40FN3O4S. The molecule has 3 aromatic rings. The summed E-state index contributed by atoms with van der Waals surface area (Å²) in [6.45, 7) is 2.18. The van der Waals surface area contributed by atoms with E-state index in [4.69, 9.17) is 0 Å². The Kier molecular flexibility index (Phi) is 10.7. The average molecular weight is 594 g/mol. The highest BCUT2D eigenvalue weighted by molar-refractivity contribution is 7.92. The van der Waals surface area contributed by atoms with E-state index in [1.165, 1.54) is 16.4 Å². The minimum Gasteiger partial charge on any atom is -0.352 e. The number of benzene rings is 3. The Labute approximate surface area is 248 Å². The number of carbonyl (C=O) groups excluding carboxylic acids is 2. The standard InChI is InChI=1S/C33H40FN3O4S/c1-25-14-20-30(21-15-25)37(42(2,40)41)22-8-13-32(38)36(24-27-16-18-28(34)19-17-27)31(23-26-9-4-3-5-10-26)33(39)35-29-11-6-7-12-29/h3-5,9-10,14-21,29,31H,6-8,11-13,22-24H2,1-2H3,(H,35,39)/t31-/m1/s1. The first-order valence-corrected chi connectivity index (χ1v) is 16.4. The summed E-state index contributed by atoms with van der Waals surface area (Å²) in [7, 11) is -3.58. The molecule has 1 fully saturated rings. The minimum absolute atomic E-state index is 0.0427. The van der Waals surface area contributed by atoms with Gasteiger partial charge in [0.1, 0.15) is 11.9 Å². The minimum atomic E-state index is -3.58. The van der Waals surface area contributed by atoms with Crippen molar-refractivity contribution in [3.63, 3.8) is 0 Å². The number of sulfonamides is 1. The van der Waals surface area contributed by atoms with Crippen molar-refractivity contribution in [2.75, 3.05) is 17.1 Å². The molecule has 42 heavy (non-hydrogen) atoms. The first-order chi connectivity index (χ1) is 20.1. The summed E-state index contributed by atoms with van der Waals surface area (Å²) in [5, 5.41) is 3.17. The second-order valence-corrected chi connectivity index (χ2v) is 13.0. The lowest BCUT2D eigenvalue weighted by Gasteiger charge is -2.33. The van der Waals surface area contributed by atoms with Crippen molar-refractivity contribution >= 4 is 27.5 Å². The molecule has 4 rings (SSSR count). The van der Waals surface area contributed by atoms with Crippen LogP contribution < -0.4 is 9.62 Å².